The van der Waals surface area contributed by atoms with Gasteiger partial charge in [-0.25, -0.2) is 18.7 Å². The average Bonchev–Trinajstić information content (AvgIpc) is 3.46. The van der Waals surface area contributed by atoms with Gasteiger partial charge < -0.3 is 40.7 Å². The number of primary amides is 1. The Morgan fingerprint density at radius 3 is 2.49 bits per heavy atom. The number of anilines is 1. The van der Waals surface area contributed by atoms with Crippen molar-refractivity contribution in [2.24, 2.45) is 5.73 Å². The molecule has 1 unspecified atom stereocenters. The van der Waals surface area contributed by atoms with Crippen LogP contribution in [0.25, 0.3) is 0 Å². The van der Waals surface area contributed by atoms with Gasteiger partial charge in [0, 0.05) is 24.4 Å². The van der Waals surface area contributed by atoms with E-state index < -0.39 is 93.8 Å². The van der Waals surface area contributed by atoms with Gasteiger partial charge in [-0.15, -0.1) is 11.8 Å². The van der Waals surface area contributed by atoms with Crippen LogP contribution in [0, 0.1) is 6.92 Å². The fourth-order valence-corrected chi connectivity index (χ4v) is 6.92. The van der Waals surface area contributed by atoms with Crippen molar-refractivity contribution in [1.29, 1.82) is 0 Å². The van der Waals surface area contributed by atoms with Gasteiger partial charge in [0.05, 0.1) is 30.3 Å². The Balaban J connectivity index is 1.49. The molecule has 21 nitrogen and oxygen atoms in total. The van der Waals surface area contributed by atoms with E-state index in [-0.39, 0.29) is 23.6 Å². The number of aliphatic hydroxyl groups is 1. The number of phosphoric ester groups is 2. The molecule has 2 aliphatic rings. The van der Waals surface area contributed by atoms with Crippen molar-refractivity contribution < 1.29 is 56.8 Å². The maximum atomic E-state index is 13.0. The number of nitrogens with two attached hydrogens (primary N) is 2. The number of thioether (sulfide) groups is 1. The monoisotopic (exact) mass is 701 g/mol. The highest BCUT2D eigenvalue weighted by atomic mass is 32.2. The Kier molecular flexibility index (Phi) is 10.9. The SMILES string of the molecule is Cc1cn([C@H]2C[C@H](OP(=O)(O)OC[C@H]3O[C@@H](n4ccc(N)nc4=O)[C@H](SCC(N)=O)[C@@H]3O)[C@@H](CO[32P](=O)(O)O)O2)c(=O)[nH]c1=O. The topological polar surface area (TPSA) is 320 Å². The second kappa shape index (κ2) is 14.0. The number of aryl methyl sites for hydroxylation is 1. The Hall–Kier alpha value is -2.72. The van der Waals surface area contributed by atoms with Gasteiger partial charge in [0.1, 0.15) is 30.4 Å². The van der Waals surface area contributed by atoms with Crippen LogP contribution in [0.3, 0.4) is 0 Å². The number of aromatic amines is 1. The molecule has 0 aliphatic carbocycles. The van der Waals surface area contributed by atoms with Gasteiger partial charge in [-0.3, -0.25) is 37.3 Å². The number of carbonyl (C=O) groups excluding carboxylic acids is 1. The molecule has 0 radical (unpaired) electrons. The van der Waals surface area contributed by atoms with Crippen LogP contribution in [0.1, 0.15) is 24.4 Å². The van der Waals surface area contributed by atoms with Crippen molar-refractivity contribution >= 4 is 39.1 Å². The molecule has 2 aromatic heterocycles. The van der Waals surface area contributed by atoms with Gasteiger partial charge in [-0.05, 0) is 13.0 Å². The first-order chi connectivity index (χ1) is 20.9. The molecular formula is C21H30N6O15P2S. The summed E-state index contributed by atoms with van der Waals surface area (Å²) in [5.41, 5.74) is 8.47. The molecule has 9 N–H and O–H groups in total. The number of rotatable bonds is 13. The van der Waals surface area contributed by atoms with Crippen molar-refractivity contribution in [3.63, 3.8) is 0 Å². The first-order valence-corrected chi connectivity index (χ1v) is 16.9. The number of hydrogen-bond acceptors (Lipinski definition) is 15. The molecule has 250 valence electrons. The molecule has 0 aromatic carbocycles. The Bertz CT molecular complexity index is 1680. The minimum atomic E-state index is -5.07. The zero-order valence-electron chi connectivity index (χ0n) is 23.2. The van der Waals surface area contributed by atoms with E-state index in [0.29, 0.717) is 0 Å². The van der Waals surface area contributed by atoms with Gasteiger partial charge in [-0.2, -0.15) is 4.98 Å². The second-order valence-corrected chi connectivity index (χ2v) is 13.7. The van der Waals surface area contributed by atoms with Crippen LogP contribution in [0.4, 0.5) is 5.82 Å². The third kappa shape index (κ3) is 8.97. The van der Waals surface area contributed by atoms with Crippen LogP contribution < -0.4 is 28.4 Å². The number of carbonyl (C=O) groups is 1. The Labute approximate surface area is 256 Å². The molecule has 45 heavy (non-hydrogen) atoms. The highest BCUT2D eigenvalue weighted by Gasteiger charge is 2.48. The van der Waals surface area contributed by atoms with Gasteiger partial charge in [0.15, 0.2) is 6.23 Å². The summed E-state index contributed by atoms with van der Waals surface area (Å²) >= 11 is 0.857. The highest BCUT2D eigenvalue weighted by Crippen LogP contribution is 2.50. The van der Waals surface area contributed by atoms with Gasteiger partial charge in [-0.1, -0.05) is 0 Å². The predicted molar refractivity (Wildman–Crippen MR) is 151 cm³/mol. The maximum Gasteiger partial charge on any atom is 0.472 e. The van der Waals surface area contributed by atoms with Crippen LogP contribution in [0.5, 0.6) is 0 Å². The fourth-order valence-electron chi connectivity index (χ4n) is 4.53. The molecule has 0 bridgehead atoms. The largest absolute Gasteiger partial charge is 0.472 e. The zero-order valence-corrected chi connectivity index (χ0v) is 25.8. The number of aliphatic hydroxyl groups excluding tert-OH is 1. The Morgan fingerprint density at radius 1 is 1.16 bits per heavy atom. The number of hydrogen-bond donors (Lipinski definition) is 7. The number of nitrogen functional groups attached to an aromatic ring is 1. The van der Waals surface area contributed by atoms with Crippen LogP contribution in [0.15, 0.2) is 32.8 Å². The number of amides is 1. The molecule has 4 rings (SSSR count). The van der Waals surface area contributed by atoms with Crippen molar-refractivity contribution in [2.45, 2.75) is 55.5 Å². The number of ether oxygens (including phenoxy) is 2. The van der Waals surface area contributed by atoms with Gasteiger partial charge in [0.25, 0.3) is 5.56 Å². The smallest absolute Gasteiger partial charge is 0.389 e. The number of aromatic nitrogens is 4. The van der Waals surface area contributed by atoms with E-state index in [2.05, 4.69) is 14.5 Å². The zero-order chi connectivity index (χ0) is 33.3. The van der Waals surface area contributed by atoms with Gasteiger partial charge >= 0.3 is 27.0 Å². The lowest BCUT2D eigenvalue weighted by Crippen LogP contribution is -2.35. The van der Waals surface area contributed by atoms with Crippen LogP contribution in [0.2, 0.25) is 0 Å². The number of nitrogens with zero attached hydrogens (tertiary/aromatic N) is 3. The first-order valence-electron chi connectivity index (χ1n) is 12.9. The van der Waals surface area contributed by atoms with Crippen LogP contribution in [-0.4, -0.2) is 93.4 Å². The van der Waals surface area contributed by atoms with Crippen molar-refractivity contribution in [3.05, 3.63) is 55.3 Å². The summed E-state index contributed by atoms with van der Waals surface area (Å²) in [7, 11) is -10.1. The molecule has 8 atom stereocenters. The molecule has 1 amide bonds. The lowest BCUT2D eigenvalue weighted by Gasteiger charge is -2.22. The molecule has 0 spiro atoms. The molecule has 2 aliphatic heterocycles. The summed E-state index contributed by atoms with van der Waals surface area (Å²) in [5.74, 6) is -1.08. The normalized spacial score (nSPS) is 28.2. The second-order valence-electron chi connectivity index (χ2n) is 9.88. The summed E-state index contributed by atoms with van der Waals surface area (Å²) in [6.07, 6.45) is -6.06. The molecular weight excluding hydrogens is 671 g/mol. The summed E-state index contributed by atoms with van der Waals surface area (Å²) < 4.78 is 52.3. The lowest BCUT2D eigenvalue weighted by atomic mass is 10.2. The summed E-state index contributed by atoms with van der Waals surface area (Å²) in [6.45, 7) is -0.212. The van der Waals surface area contributed by atoms with E-state index in [1.54, 1.807) is 0 Å². The van der Waals surface area contributed by atoms with Crippen LogP contribution in [-0.2, 0) is 37.0 Å². The summed E-state index contributed by atoms with van der Waals surface area (Å²) in [6, 6.07) is 1.29. The fraction of sp³-hybridized carbons (Fsp3) is 0.571. The molecule has 2 aromatic rings. The van der Waals surface area contributed by atoms with E-state index in [1.165, 1.54) is 19.2 Å². The van der Waals surface area contributed by atoms with E-state index in [9.17, 15) is 38.3 Å². The van der Waals surface area contributed by atoms with Crippen molar-refractivity contribution in [3.8, 4) is 0 Å². The third-order valence-electron chi connectivity index (χ3n) is 6.57. The van der Waals surface area contributed by atoms with E-state index >= 15 is 0 Å². The maximum absolute atomic E-state index is 13.0. The molecule has 0 saturated carbocycles. The van der Waals surface area contributed by atoms with Crippen LogP contribution >= 0.6 is 27.4 Å². The predicted octanol–water partition coefficient (Wildman–Crippen LogP) is -2.57. The lowest BCUT2D eigenvalue weighted by molar-refractivity contribution is -0.115. The molecule has 2 saturated heterocycles. The van der Waals surface area contributed by atoms with Crippen molar-refractivity contribution in [2.75, 3.05) is 24.7 Å². The minimum Gasteiger partial charge on any atom is -0.389 e. The van der Waals surface area contributed by atoms with E-state index in [0.717, 1.165) is 27.1 Å². The van der Waals surface area contributed by atoms with Crippen molar-refractivity contribution in [1.82, 2.24) is 19.1 Å². The van der Waals surface area contributed by atoms with E-state index in [1.807, 2.05) is 0 Å². The number of phosphoric acid groups is 2. The van der Waals surface area contributed by atoms with E-state index in [4.69, 9.17) is 39.8 Å². The summed E-state index contributed by atoms with van der Waals surface area (Å²) in [5, 5.41) is 9.92. The van der Waals surface area contributed by atoms with Gasteiger partial charge in [0.2, 0.25) is 5.91 Å². The summed E-state index contributed by atoms with van der Waals surface area (Å²) in [4.78, 5) is 82.3. The molecule has 4 heterocycles. The molecule has 2 fully saturated rings. The first kappa shape index (κ1) is 35.1. The number of H-pyrrole nitrogens is 1. The minimum absolute atomic E-state index is 0.0856. The third-order valence-corrected chi connectivity index (χ3v) is 9.42. The molecule has 24 heteroatoms. The average molecular weight is 702 g/mol. The standard InChI is InChI=1S/C21H30N6O15P2S/c1-9-5-27(21(32)25-18(9)30)15-4-10(11(40-15)6-38-43(33,34)35)42-44(36,37)39-7-12-16(29)17(45-8-14(23)28)19(41-12)26-3-2-13(22)24-20(26)31/h2-3,5,10-12,15-17,19,29H,4,6-8H2,1H3,(H2,23,28)(H,36,37)(H2,22,24,31)(H,25,30,32)(H2,33,34,35)/t10-,11+,12+,15+,16+,17+,19+/m0/s1/i43+1. The Morgan fingerprint density at radius 2 is 1.84 bits per heavy atom. The number of nitrogens with one attached hydrogen (secondary N) is 1. The quantitative estimate of drug-likeness (QED) is 0.106. The highest BCUT2D eigenvalue weighted by molar-refractivity contribution is 8.00.